The highest BCUT2D eigenvalue weighted by Gasteiger charge is 2.35. The Bertz CT molecular complexity index is 896. The maximum absolute atomic E-state index is 12.6. The zero-order chi connectivity index (χ0) is 20.1. The summed E-state index contributed by atoms with van der Waals surface area (Å²) in [5.41, 5.74) is 1.80. The lowest BCUT2D eigenvalue weighted by molar-refractivity contribution is -0.126. The minimum absolute atomic E-state index is 0.125. The lowest BCUT2D eigenvalue weighted by Gasteiger charge is -2.17. The summed E-state index contributed by atoms with van der Waals surface area (Å²) in [5, 5.41) is 2.87. The van der Waals surface area contributed by atoms with Gasteiger partial charge in [-0.1, -0.05) is 24.3 Å². The van der Waals surface area contributed by atoms with Gasteiger partial charge in [0.1, 0.15) is 5.75 Å². The molecular formula is C21H22N2O5. The van der Waals surface area contributed by atoms with Gasteiger partial charge in [0.15, 0.2) is 0 Å². The number of hydrogen-bond donors (Lipinski definition) is 1. The third-order valence-electron chi connectivity index (χ3n) is 4.72. The van der Waals surface area contributed by atoms with Gasteiger partial charge in [-0.05, 0) is 24.3 Å². The summed E-state index contributed by atoms with van der Waals surface area (Å²) >= 11 is 0. The lowest BCUT2D eigenvalue weighted by atomic mass is 10.1. The van der Waals surface area contributed by atoms with Crippen LogP contribution in [0.2, 0.25) is 0 Å². The van der Waals surface area contributed by atoms with Gasteiger partial charge in [0, 0.05) is 30.8 Å². The Balaban J connectivity index is 1.65. The average molecular weight is 382 g/mol. The molecule has 1 aliphatic heterocycles. The first kappa shape index (κ1) is 19.4. The summed E-state index contributed by atoms with van der Waals surface area (Å²) in [6, 6.07) is 14.1. The molecule has 3 rings (SSSR count). The van der Waals surface area contributed by atoms with E-state index in [1.54, 1.807) is 31.4 Å². The molecular weight excluding hydrogens is 360 g/mol. The van der Waals surface area contributed by atoms with E-state index in [2.05, 4.69) is 5.32 Å². The van der Waals surface area contributed by atoms with Gasteiger partial charge in [-0.3, -0.25) is 9.59 Å². The number of carbonyl (C=O) groups excluding carboxylic acids is 3. The fourth-order valence-electron chi connectivity index (χ4n) is 3.23. The molecule has 1 atom stereocenters. The predicted molar refractivity (Wildman–Crippen MR) is 103 cm³/mol. The molecule has 2 aromatic rings. The first-order valence-electron chi connectivity index (χ1n) is 8.92. The van der Waals surface area contributed by atoms with Crippen molar-refractivity contribution in [1.29, 1.82) is 0 Å². The van der Waals surface area contributed by atoms with E-state index in [0.717, 1.165) is 5.56 Å². The number of methoxy groups -OCH3 is 2. The Morgan fingerprint density at radius 2 is 1.93 bits per heavy atom. The largest absolute Gasteiger partial charge is 0.496 e. The van der Waals surface area contributed by atoms with Crippen molar-refractivity contribution in [3.63, 3.8) is 0 Å². The molecule has 1 aliphatic rings. The van der Waals surface area contributed by atoms with Gasteiger partial charge < -0.3 is 19.7 Å². The number of nitrogens with zero attached hydrogens (tertiary/aromatic N) is 1. The molecule has 0 aliphatic carbocycles. The van der Waals surface area contributed by atoms with Gasteiger partial charge in [0.25, 0.3) is 0 Å². The fraction of sp³-hybridized carbons (Fsp3) is 0.286. The van der Waals surface area contributed by atoms with E-state index in [0.29, 0.717) is 23.5 Å². The van der Waals surface area contributed by atoms with Crippen LogP contribution in [-0.2, 0) is 20.9 Å². The van der Waals surface area contributed by atoms with Crippen molar-refractivity contribution in [2.24, 2.45) is 5.92 Å². The molecule has 2 amide bonds. The van der Waals surface area contributed by atoms with Gasteiger partial charge in [-0.2, -0.15) is 0 Å². The van der Waals surface area contributed by atoms with Crippen LogP contribution in [0.15, 0.2) is 48.5 Å². The zero-order valence-corrected chi connectivity index (χ0v) is 15.8. The number of ether oxygens (including phenoxy) is 2. The number of carbonyl (C=O) groups is 3. The second kappa shape index (κ2) is 8.56. The Morgan fingerprint density at radius 3 is 2.68 bits per heavy atom. The molecule has 0 spiro atoms. The second-order valence-electron chi connectivity index (χ2n) is 6.48. The van der Waals surface area contributed by atoms with Crippen LogP contribution >= 0.6 is 0 Å². The van der Waals surface area contributed by atoms with E-state index in [9.17, 15) is 14.4 Å². The number of hydrogen-bond acceptors (Lipinski definition) is 5. The number of anilines is 1. The van der Waals surface area contributed by atoms with Crippen LogP contribution in [0.25, 0.3) is 0 Å². The van der Waals surface area contributed by atoms with Crippen LogP contribution in [0.1, 0.15) is 22.3 Å². The first-order valence-corrected chi connectivity index (χ1v) is 8.92. The second-order valence-corrected chi connectivity index (χ2v) is 6.48. The molecule has 2 aromatic carbocycles. The Labute approximate surface area is 163 Å². The van der Waals surface area contributed by atoms with Crippen molar-refractivity contribution in [2.75, 3.05) is 25.7 Å². The number of nitrogens with one attached hydrogen (secondary N) is 1. The molecule has 1 N–H and O–H groups in total. The van der Waals surface area contributed by atoms with Gasteiger partial charge in [0.2, 0.25) is 11.8 Å². The monoisotopic (exact) mass is 382 g/mol. The van der Waals surface area contributed by atoms with Crippen LogP contribution in [0, 0.1) is 5.92 Å². The molecule has 0 radical (unpaired) electrons. The molecule has 0 saturated carbocycles. The summed E-state index contributed by atoms with van der Waals surface area (Å²) in [5.74, 6) is -0.569. The molecule has 1 fully saturated rings. The number of para-hydroxylation sites is 1. The molecule has 1 unspecified atom stereocenters. The number of amides is 2. The molecule has 0 bridgehead atoms. The smallest absolute Gasteiger partial charge is 0.337 e. The maximum Gasteiger partial charge on any atom is 0.337 e. The van der Waals surface area contributed by atoms with E-state index >= 15 is 0 Å². The average Bonchev–Trinajstić information content (AvgIpc) is 3.13. The molecule has 28 heavy (non-hydrogen) atoms. The quantitative estimate of drug-likeness (QED) is 0.774. The SMILES string of the molecule is COC(=O)c1cccc(N2CC(C(=O)NCc3ccccc3OC)CC2=O)c1. The summed E-state index contributed by atoms with van der Waals surface area (Å²) in [6.07, 6.45) is 0.125. The third-order valence-corrected chi connectivity index (χ3v) is 4.72. The highest BCUT2D eigenvalue weighted by molar-refractivity contribution is 6.01. The van der Waals surface area contributed by atoms with Crippen LogP contribution in [-0.4, -0.2) is 38.5 Å². The Morgan fingerprint density at radius 1 is 1.14 bits per heavy atom. The topological polar surface area (TPSA) is 84.9 Å². The van der Waals surface area contributed by atoms with E-state index < -0.39 is 11.9 Å². The third kappa shape index (κ3) is 4.14. The van der Waals surface area contributed by atoms with Crippen molar-refractivity contribution >= 4 is 23.5 Å². The van der Waals surface area contributed by atoms with Crippen LogP contribution in [0.4, 0.5) is 5.69 Å². The minimum Gasteiger partial charge on any atom is -0.496 e. The van der Waals surface area contributed by atoms with E-state index in [1.165, 1.54) is 12.0 Å². The maximum atomic E-state index is 12.6. The summed E-state index contributed by atoms with van der Waals surface area (Å²) < 4.78 is 10.00. The van der Waals surface area contributed by atoms with E-state index in [-0.39, 0.29) is 24.8 Å². The summed E-state index contributed by atoms with van der Waals surface area (Å²) in [7, 11) is 2.88. The van der Waals surface area contributed by atoms with E-state index in [1.807, 2.05) is 24.3 Å². The normalized spacial score (nSPS) is 16.0. The number of benzene rings is 2. The molecule has 1 saturated heterocycles. The van der Waals surface area contributed by atoms with Crippen LogP contribution in [0.5, 0.6) is 5.75 Å². The molecule has 0 aromatic heterocycles. The van der Waals surface area contributed by atoms with Gasteiger partial charge in [-0.15, -0.1) is 0 Å². The highest BCUT2D eigenvalue weighted by Crippen LogP contribution is 2.26. The van der Waals surface area contributed by atoms with Crippen molar-refractivity contribution < 1.29 is 23.9 Å². The molecule has 7 heteroatoms. The van der Waals surface area contributed by atoms with E-state index in [4.69, 9.17) is 9.47 Å². The number of rotatable bonds is 6. The Kier molecular flexibility index (Phi) is 5.93. The first-order chi connectivity index (χ1) is 13.5. The standard InChI is InChI=1S/C21H22N2O5/c1-27-18-9-4-3-6-15(18)12-22-20(25)16-11-19(24)23(13-16)17-8-5-7-14(10-17)21(26)28-2/h3-10,16H,11-13H2,1-2H3,(H,22,25). The highest BCUT2D eigenvalue weighted by atomic mass is 16.5. The Hall–Kier alpha value is -3.35. The van der Waals surface area contributed by atoms with Gasteiger partial charge in [0.05, 0.1) is 25.7 Å². The van der Waals surface area contributed by atoms with Crippen molar-refractivity contribution in [3.8, 4) is 5.75 Å². The summed E-state index contributed by atoms with van der Waals surface area (Å²) in [6.45, 7) is 0.590. The molecule has 7 nitrogen and oxygen atoms in total. The number of esters is 1. The van der Waals surface area contributed by atoms with Gasteiger partial charge >= 0.3 is 5.97 Å². The molecule has 146 valence electrons. The lowest BCUT2D eigenvalue weighted by Crippen LogP contribution is -2.32. The van der Waals surface area contributed by atoms with Crippen molar-refractivity contribution in [1.82, 2.24) is 5.32 Å². The van der Waals surface area contributed by atoms with Crippen LogP contribution in [0.3, 0.4) is 0 Å². The predicted octanol–water partition coefficient (Wildman–Crippen LogP) is 2.15. The fourth-order valence-corrected chi connectivity index (χ4v) is 3.23. The van der Waals surface area contributed by atoms with Crippen molar-refractivity contribution in [2.45, 2.75) is 13.0 Å². The molecule has 1 heterocycles. The van der Waals surface area contributed by atoms with Crippen LogP contribution < -0.4 is 15.0 Å². The summed E-state index contributed by atoms with van der Waals surface area (Å²) in [4.78, 5) is 38.2. The zero-order valence-electron chi connectivity index (χ0n) is 15.8. The van der Waals surface area contributed by atoms with Crippen molar-refractivity contribution in [3.05, 3.63) is 59.7 Å². The minimum atomic E-state index is -0.473. The van der Waals surface area contributed by atoms with Gasteiger partial charge in [-0.25, -0.2) is 4.79 Å².